The number of anilines is 2. The molecule has 0 saturated carbocycles. The van der Waals surface area contributed by atoms with Crippen molar-refractivity contribution in [2.75, 3.05) is 23.3 Å². The summed E-state index contributed by atoms with van der Waals surface area (Å²) in [5, 5.41) is 5.69. The molecule has 2 heterocycles. The maximum absolute atomic E-state index is 12.5. The number of benzene rings is 2. The molecule has 7 heteroatoms. The zero-order valence-corrected chi connectivity index (χ0v) is 17.0. The summed E-state index contributed by atoms with van der Waals surface area (Å²) in [7, 11) is 0. The quantitative estimate of drug-likeness (QED) is 0.618. The van der Waals surface area contributed by atoms with Gasteiger partial charge in [-0.1, -0.05) is 48.0 Å². The molecule has 0 bridgehead atoms. The van der Waals surface area contributed by atoms with Crippen LogP contribution in [0, 0.1) is 0 Å². The lowest BCUT2D eigenvalue weighted by molar-refractivity contribution is -0.136. The first-order chi connectivity index (χ1) is 14.6. The molecule has 0 aliphatic carbocycles. The third-order valence-corrected chi connectivity index (χ3v) is 5.48. The monoisotopic (exact) mass is 420 g/mol. The maximum atomic E-state index is 12.5. The van der Waals surface area contributed by atoms with E-state index in [2.05, 4.69) is 32.7 Å². The van der Waals surface area contributed by atoms with Crippen molar-refractivity contribution in [1.29, 1.82) is 0 Å². The Morgan fingerprint density at radius 3 is 2.63 bits per heavy atom. The Morgan fingerprint density at radius 1 is 1.03 bits per heavy atom. The molecule has 3 aromatic rings. The van der Waals surface area contributed by atoms with Crippen molar-refractivity contribution in [3.63, 3.8) is 0 Å². The van der Waals surface area contributed by atoms with E-state index < -0.39 is 11.8 Å². The summed E-state index contributed by atoms with van der Waals surface area (Å²) >= 11 is 6.05. The summed E-state index contributed by atoms with van der Waals surface area (Å²) in [5.41, 5.74) is 3.79. The molecule has 2 amide bonds. The maximum Gasteiger partial charge on any atom is 0.313 e. The Hall–Kier alpha value is -3.38. The lowest BCUT2D eigenvalue weighted by Crippen LogP contribution is -2.41. The summed E-state index contributed by atoms with van der Waals surface area (Å²) in [4.78, 5) is 31.3. The third kappa shape index (κ3) is 4.28. The molecule has 0 spiro atoms. The molecule has 1 atom stereocenters. The van der Waals surface area contributed by atoms with Crippen LogP contribution < -0.4 is 15.5 Å². The van der Waals surface area contributed by atoms with Crippen LogP contribution >= 0.6 is 11.6 Å². The highest BCUT2D eigenvalue weighted by Crippen LogP contribution is 2.34. The zero-order chi connectivity index (χ0) is 20.9. The second kappa shape index (κ2) is 8.97. The van der Waals surface area contributed by atoms with Gasteiger partial charge in [0.1, 0.15) is 0 Å². The van der Waals surface area contributed by atoms with E-state index in [0.29, 0.717) is 10.7 Å². The van der Waals surface area contributed by atoms with E-state index in [4.69, 9.17) is 11.6 Å². The summed E-state index contributed by atoms with van der Waals surface area (Å²) in [6.07, 6.45) is 4.45. The number of hydrogen-bond acceptors (Lipinski definition) is 4. The molecule has 2 N–H and O–H groups in total. The number of fused-ring (bicyclic) bond motifs is 1. The molecule has 6 nitrogen and oxygen atoms in total. The topological polar surface area (TPSA) is 74.3 Å². The smallest absolute Gasteiger partial charge is 0.313 e. The van der Waals surface area contributed by atoms with Crippen LogP contribution in [0.15, 0.2) is 73.1 Å². The van der Waals surface area contributed by atoms with E-state index in [0.717, 1.165) is 24.2 Å². The molecule has 4 rings (SSSR count). The summed E-state index contributed by atoms with van der Waals surface area (Å²) in [6, 6.07) is 18.7. The third-order valence-electron chi connectivity index (χ3n) is 5.15. The number of halogens is 1. The van der Waals surface area contributed by atoms with Crippen molar-refractivity contribution in [3.8, 4) is 0 Å². The van der Waals surface area contributed by atoms with Gasteiger partial charge in [0.25, 0.3) is 0 Å². The Bertz CT molecular complexity index is 1060. The van der Waals surface area contributed by atoms with Crippen LogP contribution in [0.5, 0.6) is 0 Å². The molecular weight excluding hydrogens is 400 g/mol. The zero-order valence-electron chi connectivity index (χ0n) is 16.2. The lowest BCUT2D eigenvalue weighted by Gasteiger charge is -2.30. The van der Waals surface area contributed by atoms with Crippen molar-refractivity contribution in [2.24, 2.45) is 0 Å². The van der Waals surface area contributed by atoms with Crippen molar-refractivity contribution in [2.45, 2.75) is 12.5 Å². The van der Waals surface area contributed by atoms with Gasteiger partial charge in [-0.25, -0.2) is 0 Å². The van der Waals surface area contributed by atoms with Crippen molar-refractivity contribution in [1.82, 2.24) is 10.3 Å². The highest BCUT2D eigenvalue weighted by atomic mass is 35.5. The predicted molar refractivity (Wildman–Crippen MR) is 118 cm³/mol. The molecular formula is C23H21ClN4O2. The molecule has 1 aliphatic heterocycles. The van der Waals surface area contributed by atoms with E-state index >= 15 is 0 Å². The van der Waals surface area contributed by atoms with Crippen LogP contribution in [-0.2, 0) is 16.0 Å². The van der Waals surface area contributed by atoms with Crippen molar-refractivity contribution in [3.05, 3.63) is 89.2 Å². The Balaban J connectivity index is 1.48. The highest BCUT2D eigenvalue weighted by Gasteiger charge is 2.28. The Kier molecular flexibility index (Phi) is 5.95. The van der Waals surface area contributed by atoms with E-state index in [1.807, 2.05) is 24.3 Å². The number of hydrogen-bond donors (Lipinski definition) is 2. The molecule has 152 valence electrons. The number of pyridine rings is 1. The number of carbonyl (C=O) groups is 2. The normalized spacial score (nSPS) is 13.4. The van der Waals surface area contributed by atoms with Gasteiger partial charge in [0.2, 0.25) is 0 Å². The first-order valence-electron chi connectivity index (χ1n) is 9.71. The number of carbonyl (C=O) groups excluding carboxylic acids is 2. The first-order valence-corrected chi connectivity index (χ1v) is 10.1. The molecule has 1 aromatic heterocycles. The Morgan fingerprint density at radius 2 is 1.83 bits per heavy atom. The first kappa shape index (κ1) is 19.9. The van der Waals surface area contributed by atoms with Gasteiger partial charge in [0.05, 0.1) is 16.8 Å². The Labute approximate surface area is 179 Å². The van der Waals surface area contributed by atoms with Gasteiger partial charge in [-0.05, 0) is 41.8 Å². The van der Waals surface area contributed by atoms with Gasteiger partial charge < -0.3 is 15.5 Å². The van der Waals surface area contributed by atoms with Gasteiger partial charge in [-0.3, -0.25) is 14.6 Å². The van der Waals surface area contributed by atoms with Gasteiger partial charge in [-0.15, -0.1) is 0 Å². The van der Waals surface area contributed by atoms with Gasteiger partial charge >= 0.3 is 11.8 Å². The minimum Gasteiger partial charge on any atom is -0.362 e. The lowest BCUT2D eigenvalue weighted by atomic mass is 10.1. The fraction of sp³-hybridized carbons (Fsp3) is 0.174. The molecule has 0 saturated heterocycles. The molecule has 0 radical (unpaired) electrons. The standard InChI is InChI=1S/C23H21ClN4O2/c24-18-8-2-3-9-19(18)27-23(30)22(29)26-15-21(17-7-5-12-25-14-17)28-13-11-16-6-1-4-10-20(16)28/h1-10,12,14,21H,11,13,15H2,(H,26,29)(H,27,30)/t21-/m0/s1. The second-order valence-electron chi connectivity index (χ2n) is 7.02. The van der Waals surface area contributed by atoms with E-state index in [9.17, 15) is 9.59 Å². The fourth-order valence-electron chi connectivity index (χ4n) is 3.68. The van der Waals surface area contributed by atoms with Crippen molar-refractivity contribution < 1.29 is 9.59 Å². The number of rotatable bonds is 5. The van der Waals surface area contributed by atoms with E-state index in [1.165, 1.54) is 5.56 Å². The minimum absolute atomic E-state index is 0.139. The van der Waals surface area contributed by atoms with Gasteiger partial charge in [0.15, 0.2) is 0 Å². The number of para-hydroxylation sites is 2. The second-order valence-corrected chi connectivity index (χ2v) is 7.43. The molecule has 0 fully saturated rings. The molecule has 0 unspecified atom stereocenters. The minimum atomic E-state index is -0.755. The highest BCUT2D eigenvalue weighted by molar-refractivity contribution is 6.41. The van der Waals surface area contributed by atoms with E-state index in [1.54, 1.807) is 36.7 Å². The van der Waals surface area contributed by atoms with Crippen LogP contribution in [0.3, 0.4) is 0 Å². The van der Waals surface area contributed by atoms with Crippen LogP contribution in [0.2, 0.25) is 5.02 Å². The van der Waals surface area contributed by atoms with Crippen LogP contribution in [-0.4, -0.2) is 29.9 Å². The average Bonchev–Trinajstić information content (AvgIpc) is 3.20. The van der Waals surface area contributed by atoms with Crippen LogP contribution in [0.25, 0.3) is 0 Å². The number of nitrogens with zero attached hydrogens (tertiary/aromatic N) is 2. The number of nitrogens with one attached hydrogen (secondary N) is 2. The molecule has 1 aliphatic rings. The SMILES string of the molecule is O=C(NC[C@@H](c1cccnc1)N1CCc2ccccc21)C(=O)Nc1ccccc1Cl. The summed E-state index contributed by atoms with van der Waals surface area (Å²) in [6.45, 7) is 1.11. The van der Waals surface area contributed by atoms with Crippen molar-refractivity contribution >= 4 is 34.8 Å². The number of amides is 2. The summed E-state index contributed by atoms with van der Waals surface area (Å²) < 4.78 is 0. The van der Waals surface area contributed by atoms with E-state index in [-0.39, 0.29) is 12.6 Å². The van der Waals surface area contributed by atoms with Crippen LogP contribution in [0.4, 0.5) is 11.4 Å². The summed E-state index contributed by atoms with van der Waals surface area (Å²) in [5.74, 6) is -1.47. The molecule has 30 heavy (non-hydrogen) atoms. The average molecular weight is 421 g/mol. The number of aromatic nitrogens is 1. The molecule has 2 aromatic carbocycles. The largest absolute Gasteiger partial charge is 0.362 e. The van der Waals surface area contributed by atoms with Crippen LogP contribution in [0.1, 0.15) is 17.2 Å². The predicted octanol–water partition coefficient (Wildman–Crippen LogP) is 3.59. The van der Waals surface area contributed by atoms with Gasteiger partial charge in [-0.2, -0.15) is 0 Å². The van der Waals surface area contributed by atoms with Gasteiger partial charge in [0, 0.05) is 31.2 Å². The fourth-order valence-corrected chi connectivity index (χ4v) is 3.86.